The fourth-order valence-electron chi connectivity index (χ4n) is 10.1. The molecule has 8 atom stereocenters. The molecule has 3 aliphatic carbocycles. The first-order chi connectivity index (χ1) is 28.3. The largest absolute Gasteiger partial charge is 0.494 e. The molecule has 14 heteroatoms. The number of hydrogen-bond acceptors (Lipinski definition) is 9. The van der Waals surface area contributed by atoms with Crippen LogP contribution in [0.5, 0.6) is 5.75 Å². The number of aliphatic hydroxyl groups is 3. The minimum absolute atomic E-state index is 0.0744. The van der Waals surface area contributed by atoms with Crippen LogP contribution in [0, 0.1) is 17.3 Å². The first-order valence-corrected chi connectivity index (χ1v) is 20.5. The summed E-state index contributed by atoms with van der Waals surface area (Å²) in [6, 6.07) is 19.4. The maximum Gasteiger partial charge on any atom is 0.434 e. The summed E-state index contributed by atoms with van der Waals surface area (Å²) in [7, 11) is 0. The second-order valence-corrected chi connectivity index (χ2v) is 16.8. The van der Waals surface area contributed by atoms with E-state index in [1.807, 2.05) is 12.1 Å². The van der Waals surface area contributed by atoms with Crippen LogP contribution in [-0.4, -0.2) is 92.6 Å². The number of aryl methyl sites for hydroxylation is 1. The van der Waals surface area contributed by atoms with E-state index in [-0.39, 0.29) is 36.3 Å². The number of hydrogen-bond donors (Lipinski definition) is 5. The number of anilines is 1. The predicted molar refractivity (Wildman–Crippen MR) is 214 cm³/mol. The number of benzene rings is 3. The highest BCUT2D eigenvalue weighted by Gasteiger charge is 2.54. The Kier molecular flexibility index (Phi) is 11.4. The molecule has 0 bridgehead atoms. The van der Waals surface area contributed by atoms with E-state index in [1.165, 1.54) is 22.4 Å². The Hall–Kier alpha value is -5.05. The van der Waals surface area contributed by atoms with Gasteiger partial charge in [-0.05, 0) is 127 Å². The monoisotopic (exact) mass is 813 g/mol. The summed E-state index contributed by atoms with van der Waals surface area (Å²) in [6.45, 7) is 2.97. The Balaban J connectivity index is 0.794. The second kappa shape index (κ2) is 16.5. The molecule has 0 spiro atoms. The third kappa shape index (κ3) is 8.40. The number of likely N-dealkylation sites (tertiary alicyclic amines) is 1. The third-order valence-electron chi connectivity index (χ3n) is 13.3. The van der Waals surface area contributed by atoms with Gasteiger partial charge in [-0.15, -0.1) is 0 Å². The van der Waals surface area contributed by atoms with Gasteiger partial charge in [0.25, 0.3) is 11.8 Å². The van der Waals surface area contributed by atoms with Gasteiger partial charge in [0.2, 0.25) is 0 Å². The summed E-state index contributed by atoms with van der Waals surface area (Å²) in [6.07, 6.45) is 1.23. The standard InChI is InChI=1S/C45H50F3N5O6/c1-44-18-17-33-32-14-12-31(21-30(32)11-13-34(33)35(44)15-16-39(44)55)59-20-2-19-50-42(57)28-7-3-26(4-8-28)27-5-9-29(10-6-27)43(58)53-24-36(41(56)37(54)25-53)51-40-23-49-22-38(52-40)45(46,47)48/h3-10,12,14,21-23,33-37,39,41,54-56H,2,11,13,15-20,24-25H2,1H3,(H,50,57)(H,51,52)/t33-,34-,35+,36+,37+,39+,41-,44+/m1/s1. The molecule has 59 heavy (non-hydrogen) atoms. The minimum atomic E-state index is -4.72. The van der Waals surface area contributed by atoms with Gasteiger partial charge < -0.3 is 35.6 Å². The van der Waals surface area contributed by atoms with Crippen LogP contribution in [0.3, 0.4) is 0 Å². The number of carbonyl (C=O) groups excluding carboxylic acids is 2. The summed E-state index contributed by atoms with van der Waals surface area (Å²) in [5.74, 6) is 1.82. The van der Waals surface area contributed by atoms with Crippen molar-refractivity contribution in [1.29, 1.82) is 0 Å². The van der Waals surface area contributed by atoms with Crippen LogP contribution in [0.4, 0.5) is 19.0 Å². The minimum Gasteiger partial charge on any atom is -0.494 e. The lowest BCUT2D eigenvalue weighted by Gasteiger charge is -2.50. The number of halogens is 3. The van der Waals surface area contributed by atoms with Crippen LogP contribution in [0.25, 0.3) is 11.1 Å². The first-order valence-electron chi connectivity index (χ1n) is 20.5. The van der Waals surface area contributed by atoms with Gasteiger partial charge in [-0.1, -0.05) is 37.3 Å². The van der Waals surface area contributed by atoms with E-state index < -0.39 is 36.0 Å². The van der Waals surface area contributed by atoms with Crippen LogP contribution in [-0.2, 0) is 12.6 Å². The normalized spacial score (nSPS) is 27.6. The van der Waals surface area contributed by atoms with Crippen molar-refractivity contribution < 1.29 is 42.8 Å². The van der Waals surface area contributed by atoms with Gasteiger partial charge in [0.1, 0.15) is 17.7 Å². The number of ether oxygens (including phenoxy) is 1. The Bertz CT molecular complexity index is 2150. The number of fused-ring (bicyclic) bond motifs is 5. The number of alkyl halides is 3. The van der Waals surface area contributed by atoms with Crippen molar-refractivity contribution in [3.8, 4) is 16.9 Å². The average Bonchev–Trinajstić information content (AvgIpc) is 3.55. The highest BCUT2D eigenvalue weighted by molar-refractivity contribution is 5.96. The van der Waals surface area contributed by atoms with Crippen molar-refractivity contribution in [2.24, 2.45) is 17.3 Å². The number of piperidine rings is 1. The molecule has 1 aliphatic heterocycles. The second-order valence-electron chi connectivity index (χ2n) is 16.8. The van der Waals surface area contributed by atoms with E-state index >= 15 is 0 Å². The number of β-amino-alcohol motifs (C(OH)–C–C–N with tert-alkyl or cyclic N) is 1. The Morgan fingerprint density at radius 2 is 1.64 bits per heavy atom. The van der Waals surface area contributed by atoms with Crippen LogP contribution in [0.15, 0.2) is 79.1 Å². The topological polar surface area (TPSA) is 157 Å². The van der Waals surface area contributed by atoms with Crippen LogP contribution in [0.2, 0.25) is 0 Å². The van der Waals surface area contributed by atoms with Crippen LogP contribution >= 0.6 is 0 Å². The van der Waals surface area contributed by atoms with Crippen molar-refractivity contribution in [2.45, 2.75) is 88.3 Å². The zero-order chi connectivity index (χ0) is 41.5. The van der Waals surface area contributed by atoms with Crippen LogP contribution in [0.1, 0.15) is 88.9 Å². The molecular formula is C45H50F3N5O6. The lowest BCUT2D eigenvalue weighted by atomic mass is 9.55. The van der Waals surface area contributed by atoms with Gasteiger partial charge in [-0.25, -0.2) is 4.98 Å². The van der Waals surface area contributed by atoms with E-state index in [0.717, 1.165) is 55.2 Å². The molecule has 3 aromatic carbocycles. The third-order valence-corrected chi connectivity index (χ3v) is 13.3. The number of rotatable bonds is 10. The maximum absolute atomic E-state index is 13.4. The molecule has 312 valence electrons. The predicted octanol–water partition coefficient (Wildman–Crippen LogP) is 6.24. The van der Waals surface area contributed by atoms with Gasteiger partial charge >= 0.3 is 6.18 Å². The SMILES string of the molecule is C[C@]12CC[C@@H]3c4ccc(OCCCNC(=O)c5ccc(-c6ccc(C(=O)N7C[C@H](Nc8cncc(C(F)(F)F)n8)[C@@H](O)[C@@H](O)C7)cc6)cc5)cc4CC[C@H]3[C@@H]1CC[C@@H]2O. The number of carbonyl (C=O) groups is 2. The lowest BCUT2D eigenvalue weighted by Crippen LogP contribution is -2.59. The molecule has 3 fully saturated rings. The van der Waals surface area contributed by atoms with Crippen molar-refractivity contribution in [3.05, 3.63) is 107 Å². The number of amides is 2. The lowest BCUT2D eigenvalue weighted by molar-refractivity contribution is -0.141. The fraction of sp³-hybridized carbons (Fsp3) is 0.467. The summed E-state index contributed by atoms with van der Waals surface area (Å²) >= 11 is 0. The molecular weight excluding hydrogens is 764 g/mol. The highest BCUT2D eigenvalue weighted by atomic mass is 19.4. The highest BCUT2D eigenvalue weighted by Crippen LogP contribution is 2.61. The van der Waals surface area contributed by atoms with E-state index in [0.29, 0.717) is 54.6 Å². The molecule has 1 aromatic heterocycles. The van der Waals surface area contributed by atoms with Crippen molar-refractivity contribution >= 4 is 17.6 Å². The molecule has 4 aliphatic rings. The Morgan fingerprint density at radius 3 is 2.37 bits per heavy atom. The van der Waals surface area contributed by atoms with Gasteiger partial charge in [0.05, 0.1) is 37.3 Å². The zero-order valence-corrected chi connectivity index (χ0v) is 32.9. The Morgan fingerprint density at radius 1 is 0.915 bits per heavy atom. The average molecular weight is 814 g/mol. The number of aliphatic hydroxyl groups excluding tert-OH is 3. The van der Waals surface area contributed by atoms with Gasteiger partial charge in [-0.2, -0.15) is 13.2 Å². The van der Waals surface area contributed by atoms with Crippen molar-refractivity contribution in [3.63, 3.8) is 0 Å². The molecule has 5 N–H and O–H groups in total. The molecule has 2 saturated carbocycles. The van der Waals surface area contributed by atoms with Gasteiger partial charge in [0.15, 0.2) is 5.69 Å². The molecule has 2 amide bonds. The zero-order valence-electron chi connectivity index (χ0n) is 32.9. The van der Waals surface area contributed by atoms with E-state index in [4.69, 9.17) is 4.74 Å². The first kappa shape index (κ1) is 40.7. The van der Waals surface area contributed by atoms with Gasteiger partial charge in [-0.3, -0.25) is 14.6 Å². The molecule has 1 saturated heterocycles. The molecule has 8 rings (SSSR count). The number of aromatic nitrogens is 2. The van der Waals surface area contributed by atoms with E-state index in [9.17, 15) is 38.1 Å². The molecule has 11 nitrogen and oxygen atoms in total. The van der Waals surface area contributed by atoms with Gasteiger partial charge in [0, 0.05) is 30.8 Å². The number of nitrogens with zero attached hydrogens (tertiary/aromatic N) is 3. The summed E-state index contributed by atoms with van der Waals surface area (Å²) in [5.41, 5.74) is 4.16. The maximum atomic E-state index is 13.4. The van der Waals surface area contributed by atoms with Crippen LogP contribution < -0.4 is 15.4 Å². The smallest absolute Gasteiger partial charge is 0.434 e. The van der Waals surface area contributed by atoms with E-state index in [2.05, 4.69) is 45.7 Å². The molecule has 2 heterocycles. The molecule has 0 radical (unpaired) electrons. The summed E-state index contributed by atoms with van der Waals surface area (Å²) < 4.78 is 45.5. The molecule has 0 unspecified atom stereocenters. The van der Waals surface area contributed by atoms with E-state index in [1.54, 1.807) is 36.4 Å². The fourth-order valence-corrected chi connectivity index (χ4v) is 10.1. The summed E-state index contributed by atoms with van der Waals surface area (Å²) in [5, 5.41) is 37.4. The van der Waals surface area contributed by atoms with Crippen molar-refractivity contribution in [1.82, 2.24) is 20.2 Å². The number of nitrogens with one attached hydrogen (secondary N) is 2. The van der Waals surface area contributed by atoms with Crippen molar-refractivity contribution in [2.75, 3.05) is 31.6 Å². The Labute approximate surface area is 341 Å². The molecule has 4 aromatic rings. The quantitative estimate of drug-likeness (QED) is 0.117. The summed E-state index contributed by atoms with van der Waals surface area (Å²) in [4.78, 5) is 34.7.